The maximum atomic E-state index is 7.68. The van der Waals surface area contributed by atoms with E-state index in [-0.39, 0.29) is 16.2 Å². The number of fused-ring (bicyclic) bond motifs is 24. The lowest BCUT2D eigenvalue weighted by Gasteiger charge is -2.47. The van der Waals surface area contributed by atoms with Gasteiger partial charge in [0, 0.05) is 66.1 Å². The summed E-state index contributed by atoms with van der Waals surface area (Å²) in [6.45, 7) is 18.4. The van der Waals surface area contributed by atoms with Crippen LogP contribution in [-0.2, 0) is 21.7 Å². The van der Waals surface area contributed by atoms with Crippen molar-refractivity contribution in [2.45, 2.75) is 77.0 Å². The molecular formula is C86H66N2O3. The highest BCUT2D eigenvalue weighted by atomic mass is 16.3. The Kier molecular flexibility index (Phi) is 11.1. The summed E-state index contributed by atoms with van der Waals surface area (Å²) in [5.74, 6) is 0. The van der Waals surface area contributed by atoms with E-state index in [4.69, 9.17) is 13.3 Å². The van der Waals surface area contributed by atoms with Crippen LogP contribution in [0.4, 0.5) is 34.1 Å². The Morgan fingerprint density at radius 2 is 0.758 bits per heavy atom. The highest BCUT2D eigenvalue weighted by molar-refractivity contribution is 6.27. The lowest BCUT2D eigenvalue weighted by molar-refractivity contribution is 0.564. The van der Waals surface area contributed by atoms with E-state index in [0.717, 1.165) is 122 Å². The van der Waals surface area contributed by atoms with Gasteiger partial charge in [-0.1, -0.05) is 250 Å². The third kappa shape index (κ3) is 7.35. The first-order chi connectivity index (χ1) is 44.2. The van der Waals surface area contributed by atoms with Gasteiger partial charge >= 0.3 is 0 Å². The Morgan fingerprint density at radius 1 is 0.297 bits per heavy atom. The lowest BCUT2D eigenvalue weighted by atomic mass is 9.55. The molecule has 0 saturated heterocycles. The molecule has 2 aliphatic carbocycles. The van der Waals surface area contributed by atoms with Crippen molar-refractivity contribution in [2.75, 3.05) is 9.80 Å². The molecule has 0 N–H and O–H groups in total. The molecule has 0 unspecified atom stereocenters. The van der Waals surface area contributed by atoms with Crippen LogP contribution in [0.15, 0.2) is 268 Å². The van der Waals surface area contributed by atoms with E-state index in [9.17, 15) is 0 Å². The largest absolute Gasteiger partial charge is 0.455 e. The molecular weight excluding hydrogens is 1110 g/mol. The van der Waals surface area contributed by atoms with Crippen LogP contribution in [0.2, 0.25) is 0 Å². The summed E-state index contributed by atoms with van der Waals surface area (Å²) in [5, 5.41) is 11.1. The van der Waals surface area contributed by atoms with Gasteiger partial charge in [0.05, 0.1) is 27.9 Å². The van der Waals surface area contributed by atoms with Crippen LogP contribution in [0.1, 0.15) is 99.9 Å². The number of para-hydroxylation sites is 7. The Labute approximate surface area is 529 Å². The van der Waals surface area contributed by atoms with Crippen molar-refractivity contribution in [3.8, 4) is 11.1 Å². The van der Waals surface area contributed by atoms with Gasteiger partial charge in [-0.05, 0) is 132 Å². The van der Waals surface area contributed by atoms with Crippen LogP contribution in [-0.4, -0.2) is 0 Å². The molecule has 0 saturated carbocycles. The second kappa shape index (κ2) is 19.0. The Balaban J connectivity index is 0.991. The van der Waals surface area contributed by atoms with Gasteiger partial charge in [-0.3, -0.25) is 0 Å². The van der Waals surface area contributed by atoms with E-state index < -0.39 is 5.41 Å². The van der Waals surface area contributed by atoms with Gasteiger partial charge in [-0.2, -0.15) is 0 Å². The fourth-order valence-electron chi connectivity index (χ4n) is 16.4. The van der Waals surface area contributed by atoms with Gasteiger partial charge in [0.2, 0.25) is 0 Å². The molecule has 16 aromatic rings. The molecule has 5 nitrogen and oxygen atoms in total. The van der Waals surface area contributed by atoms with Crippen LogP contribution >= 0.6 is 0 Å². The summed E-state index contributed by atoms with van der Waals surface area (Å²) in [5.41, 5.74) is 21.9. The van der Waals surface area contributed by atoms with Crippen molar-refractivity contribution in [2.24, 2.45) is 0 Å². The molecule has 0 atom stereocenters. The van der Waals surface area contributed by atoms with Gasteiger partial charge in [0.25, 0.3) is 0 Å². The van der Waals surface area contributed by atoms with E-state index >= 15 is 0 Å². The average molecular weight is 1180 g/mol. The summed E-state index contributed by atoms with van der Waals surface area (Å²) in [4.78, 5) is 4.86. The van der Waals surface area contributed by atoms with Crippen molar-refractivity contribution in [1.29, 1.82) is 0 Å². The Bertz CT molecular complexity index is 5680. The number of rotatable bonds is 6. The fourth-order valence-corrected chi connectivity index (χ4v) is 16.4. The third-order valence-corrected chi connectivity index (χ3v) is 20.3. The first kappa shape index (κ1) is 53.4. The van der Waals surface area contributed by atoms with E-state index in [2.05, 4.69) is 320 Å². The van der Waals surface area contributed by atoms with Crippen molar-refractivity contribution >= 4 is 121 Å². The fraction of sp³-hybridized carbons (Fsp3) is 0.140. The van der Waals surface area contributed by atoms with Crippen molar-refractivity contribution in [1.82, 2.24) is 0 Å². The molecule has 1 spiro atoms. The molecule has 5 heteroatoms. The number of nitrogens with zero attached hydrogens (tertiary/aromatic N) is 2. The molecule has 0 radical (unpaired) electrons. The van der Waals surface area contributed by atoms with Gasteiger partial charge in [0.1, 0.15) is 22.3 Å². The lowest BCUT2D eigenvalue weighted by Crippen LogP contribution is -2.40. The molecule has 3 aromatic heterocycles. The molecule has 91 heavy (non-hydrogen) atoms. The highest BCUT2D eigenvalue weighted by Crippen LogP contribution is 2.68. The zero-order chi connectivity index (χ0) is 61.4. The molecule has 0 fully saturated rings. The maximum absolute atomic E-state index is 7.68. The zero-order valence-corrected chi connectivity index (χ0v) is 52.4. The predicted octanol–water partition coefficient (Wildman–Crippen LogP) is 24.2. The SMILES string of the molecule is CC(C)(C)c1cccc2c1oc1c(N(c3ccccc3)c3ccc4c5c(c6ccccc6c4c3)-c3c(cc(N(c4ccccc4)c4cccc6c4oc4c(C(C)(C)C)cccc46)c4c3oc3ccccc34)C53c4ccccc4C(C)(C)c4ccccc43)cccc12. The molecule has 2 aliphatic rings. The summed E-state index contributed by atoms with van der Waals surface area (Å²) >= 11 is 0. The van der Waals surface area contributed by atoms with E-state index in [1.54, 1.807) is 0 Å². The second-order valence-corrected chi connectivity index (χ2v) is 27.8. The highest BCUT2D eigenvalue weighted by Gasteiger charge is 2.56. The number of hydrogen-bond donors (Lipinski definition) is 0. The van der Waals surface area contributed by atoms with Crippen molar-refractivity contribution in [3.05, 3.63) is 299 Å². The Morgan fingerprint density at radius 3 is 1.33 bits per heavy atom. The molecule has 3 heterocycles. The van der Waals surface area contributed by atoms with Gasteiger partial charge in [-0.25, -0.2) is 0 Å². The third-order valence-electron chi connectivity index (χ3n) is 20.3. The average Bonchev–Trinajstić information content (AvgIpc) is 1.52. The van der Waals surface area contributed by atoms with Gasteiger partial charge in [-0.15, -0.1) is 0 Å². The summed E-state index contributed by atoms with van der Waals surface area (Å²) in [6, 6.07) is 94.3. The summed E-state index contributed by atoms with van der Waals surface area (Å²) < 4.78 is 22.3. The van der Waals surface area contributed by atoms with Crippen LogP contribution in [0.5, 0.6) is 0 Å². The number of anilines is 6. The van der Waals surface area contributed by atoms with E-state index in [1.165, 1.54) is 55.5 Å². The number of hydrogen-bond acceptors (Lipinski definition) is 5. The standard InChI is InChI=1S/C86H66N2O3/c1-83(2,3)67-42-23-34-57-59-36-25-44-70(80(59)90-78(57)67)87(51-27-11-9-12-28-51)53-47-48-56-62(49-53)54-31-15-16-32-55(54)75-76-69(86(77(56)75)65-40-20-18-38-63(65)85(7,8)64-39-19-21-41-66(64)86)50-72(74-61-33-17-22-46-73(61)89-82(74)76)88(52-29-13-10-14-30-52)71-45-26-37-60-58-35-24-43-68(84(4,5)6)79(58)91-81(60)71/h9-50H,1-8H3. The van der Waals surface area contributed by atoms with Crippen LogP contribution in [0, 0.1) is 0 Å². The molecule has 18 rings (SSSR count). The van der Waals surface area contributed by atoms with Gasteiger partial charge in [0.15, 0.2) is 11.2 Å². The molecule has 0 bridgehead atoms. The molecule has 0 amide bonds. The van der Waals surface area contributed by atoms with Crippen LogP contribution in [0.25, 0.3) is 98.5 Å². The predicted molar refractivity (Wildman–Crippen MR) is 379 cm³/mol. The van der Waals surface area contributed by atoms with E-state index in [0.29, 0.717) is 0 Å². The summed E-state index contributed by atoms with van der Waals surface area (Å²) in [7, 11) is 0. The first-order valence-corrected chi connectivity index (χ1v) is 32.0. The molecule has 438 valence electrons. The minimum atomic E-state index is -0.877. The Hall–Kier alpha value is -10.6. The quantitative estimate of drug-likeness (QED) is 0.155. The summed E-state index contributed by atoms with van der Waals surface area (Å²) in [6.07, 6.45) is 0. The number of furan rings is 3. The zero-order valence-electron chi connectivity index (χ0n) is 52.4. The smallest absolute Gasteiger partial charge is 0.159 e. The molecule has 13 aromatic carbocycles. The van der Waals surface area contributed by atoms with Crippen LogP contribution < -0.4 is 9.80 Å². The maximum Gasteiger partial charge on any atom is 0.159 e. The minimum absolute atomic E-state index is 0.127. The molecule has 0 aliphatic heterocycles. The van der Waals surface area contributed by atoms with Crippen molar-refractivity contribution < 1.29 is 13.3 Å². The monoisotopic (exact) mass is 1170 g/mol. The van der Waals surface area contributed by atoms with E-state index in [1.807, 2.05) is 0 Å². The first-order valence-electron chi connectivity index (χ1n) is 32.0. The normalized spacial score (nSPS) is 14.1. The second-order valence-electron chi connectivity index (χ2n) is 27.8. The van der Waals surface area contributed by atoms with Crippen LogP contribution in [0.3, 0.4) is 0 Å². The van der Waals surface area contributed by atoms with Crippen molar-refractivity contribution in [3.63, 3.8) is 0 Å². The topological polar surface area (TPSA) is 45.9 Å². The minimum Gasteiger partial charge on any atom is -0.455 e. The number of benzene rings is 13. The van der Waals surface area contributed by atoms with Gasteiger partial charge < -0.3 is 23.1 Å².